The number of rotatable bonds is 5. The zero-order valence-corrected chi connectivity index (χ0v) is 13.6. The van der Waals surface area contributed by atoms with Crippen LogP contribution in [-0.2, 0) is 9.05 Å². The van der Waals surface area contributed by atoms with Crippen molar-refractivity contribution in [1.82, 2.24) is 4.90 Å². The zero-order chi connectivity index (χ0) is 15.5. The summed E-state index contributed by atoms with van der Waals surface area (Å²) in [5, 5.41) is 0. The summed E-state index contributed by atoms with van der Waals surface area (Å²) in [6.45, 7) is 4.87. The Morgan fingerprint density at radius 3 is 2.15 bits per heavy atom. The van der Waals surface area contributed by atoms with Crippen LogP contribution in [-0.4, -0.2) is 46.4 Å². The van der Waals surface area contributed by atoms with Gasteiger partial charge in [0.15, 0.2) is 0 Å². The molecule has 0 aliphatic heterocycles. The van der Waals surface area contributed by atoms with E-state index in [0.29, 0.717) is 24.3 Å². The third-order valence-electron chi connectivity index (χ3n) is 3.00. The van der Waals surface area contributed by atoms with Gasteiger partial charge in [0.05, 0.1) is 5.69 Å². The van der Waals surface area contributed by atoms with E-state index in [4.69, 9.17) is 10.7 Å². The fourth-order valence-corrected chi connectivity index (χ4v) is 3.04. The van der Waals surface area contributed by atoms with E-state index in [9.17, 15) is 13.2 Å². The summed E-state index contributed by atoms with van der Waals surface area (Å²) < 4.78 is 23.3. The zero-order valence-electron chi connectivity index (χ0n) is 12.1. The molecule has 0 atom stereocenters. The summed E-state index contributed by atoms with van der Waals surface area (Å²) in [7, 11) is 4.97. The molecule has 0 unspecified atom stereocenters. The highest BCUT2D eigenvalue weighted by molar-refractivity contribution is 8.13. The number of amides is 1. The number of carbonyl (C=O) groups is 1. The van der Waals surface area contributed by atoms with Crippen molar-refractivity contribution in [2.45, 2.75) is 18.7 Å². The Morgan fingerprint density at radius 1 is 1.20 bits per heavy atom. The Labute approximate surface area is 124 Å². The monoisotopic (exact) mass is 318 g/mol. The predicted octanol–water partition coefficient (Wildman–Crippen LogP) is 2.16. The fourth-order valence-electron chi connectivity index (χ4n) is 1.91. The van der Waals surface area contributed by atoms with Crippen LogP contribution in [0.5, 0.6) is 0 Å². The molecule has 0 radical (unpaired) electrons. The molecule has 0 N–H and O–H groups in total. The topological polar surface area (TPSA) is 57.7 Å². The number of halogens is 1. The smallest absolute Gasteiger partial charge is 0.263 e. The second-order valence-electron chi connectivity index (χ2n) is 4.49. The highest BCUT2D eigenvalue weighted by Crippen LogP contribution is 2.28. The van der Waals surface area contributed by atoms with Gasteiger partial charge in [0, 0.05) is 43.4 Å². The van der Waals surface area contributed by atoms with Crippen molar-refractivity contribution in [3.8, 4) is 0 Å². The van der Waals surface area contributed by atoms with Gasteiger partial charge in [0.25, 0.3) is 15.0 Å². The lowest BCUT2D eigenvalue weighted by atomic mass is 10.1. The molecule has 0 heterocycles. The van der Waals surface area contributed by atoms with Crippen LogP contribution in [0.4, 0.5) is 5.69 Å². The first-order valence-electron chi connectivity index (χ1n) is 6.27. The average molecular weight is 319 g/mol. The van der Waals surface area contributed by atoms with Gasteiger partial charge >= 0.3 is 0 Å². The Morgan fingerprint density at radius 2 is 1.75 bits per heavy atom. The highest BCUT2D eigenvalue weighted by atomic mass is 35.7. The highest BCUT2D eigenvalue weighted by Gasteiger charge is 2.21. The number of benzene rings is 1. The van der Waals surface area contributed by atoms with E-state index in [1.165, 1.54) is 6.07 Å². The molecule has 1 aromatic carbocycles. The maximum Gasteiger partial charge on any atom is 0.263 e. The number of hydrogen-bond donors (Lipinski definition) is 0. The third-order valence-corrected chi connectivity index (χ3v) is 4.35. The van der Waals surface area contributed by atoms with Crippen molar-refractivity contribution >= 4 is 31.3 Å². The first-order chi connectivity index (χ1) is 9.22. The lowest BCUT2D eigenvalue weighted by molar-refractivity contribution is 0.0773. The van der Waals surface area contributed by atoms with Gasteiger partial charge < -0.3 is 9.80 Å². The second-order valence-corrected chi connectivity index (χ2v) is 7.03. The summed E-state index contributed by atoms with van der Waals surface area (Å²) in [4.78, 5) is 15.4. The maximum atomic E-state index is 12.2. The molecule has 0 aliphatic carbocycles. The van der Waals surface area contributed by atoms with Crippen LogP contribution >= 0.6 is 10.7 Å². The molecule has 1 aromatic rings. The summed E-state index contributed by atoms with van der Waals surface area (Å²) in [6, 6.07) is 4.53. The maximum absolute atomic E-state index is 12.2. The van der Waals surface area contributed by atoms with Crippen LogP contribution < -0.4 is 4.90 Å². The van der Waals surface area contributed by atoms with E-state index in [0.717, 1.165) is 0 Å². The fraction of sp³-hybridized carbons (Fsp3) is 0.462. The molecule has 0 spiro atoms. The minimum atomic E-state index is -3.91. The molecule has 0 saturated carbocycles. The second kappa shape index (κ2) is 6.45. The average Bonchev–Trinajstić information content (AvgIpc) is 2.38. The van der Waals surface area contributed by atoms with Gasteiger partial charge in [0.2, 0.25) is 0 Å². The van der Waals surface area contributed by atoms with E-state index in [-0.39, 0.29) is 10.8 Å². The molecule has 1 rings (SSSR count). The van der Waals surface area contributed by atoms with Crippen LogP contribution in [0.25, 0.3) is 0 Å². The summed E-state index contributed by atoms with van der Waals surface area (Å²) >= 11 is 0. The number of hydrogen-bond acceptors (Lipinski definition) is 4. The lowest BCUT2D eigenvalue weighted by Crippen LogP contribution is -2.30. The molecule has 5 nitrogen and oxygen atoms in total. The van der Waals surface area contributed by atoms with Crippen molar-refractivity contribution < 1.29 is 13.2 Å². The normalized spacial score (nSPS) is 11.2. The Balaban J connectivity index is 3.37. The van der Waals surface area contributed by atoms with Crippen LogP contribution in [0.1, 0.15) is 24.2 Å². The quantitative estimate of drug-likeness (QED) is 0.781. The van der Waals surface area contributed by atoms with E-state index < -0.39 is 9.05 Å². The van der Waals surface area contributed by atoms with Gasteiger partial charge in [-0.15, -0.1) is 0 Å². The molecule has 0 bridgehead atoms. The number of nitrogens with zero attached hydrogens (tertiary/aromatic N) is 2. The predicted molar refractivity (Wildman–Crippen MR) is 81.1 cm³/mol. The van der Waals surface area contributed by atoms with Gasteiger partial charge in [0.1, 0.15) is 4.90 Å². The number of anilines is 1. The lowest BCUT2D eigenvalue weighted by Gasteiger charge is -2.20. The van der Waals surface area contributed by atoms with E-state index in [2.05, 4.69) is 0 Å². The van der Waals surface area contributed by atoms with Gasteiger partial charge in [-0.25, -0.2) is 8.42 Å². The van der Waals surface area contributed by atoms with Gasteiger partial charge in [-0.05, 0) is 32.0 Å². The summed E-state index contributed by atoms with van der Waals surface area (Å²) in [6.07, 6.45) is 0. The molecular weight excluding hydrogens is 300 g/mol. The van der Waals surface area contributed by atoms with Crippen LogP contribution in [0.3, 0.4) is 0 Å². The minimum Gasteiger partial charge on any atom is -0.377 e. The molecule has 20 heavy (non-hydrogen) atoms. The van der Waals surface area contributed by atoms with Crippen LogP contribution in [0.15, 0.2) is 23.1 Å². The molecule has 0 aromatic heterocycles. The van der Waals surface area contributed by atoms with E-state index >= 15 is 0 Å². The molecule has 0 fully saturated rings. The third kappa shape index (κ3) is 3.64. The Hall–Kier alpha value is -1.27. The minimum absolute atomic E-state index is 0.0535. The van der Waals surface area contributed by atoms with Crippen molar-refractivity contribution in [2.75, 3.05) is 32.1 Å². The van der Waals surface area contributed by atoms with Crippen molar-refractivity contribution in [2.24, 2.45) is 0 Å². The van der Waals surface area contributed by atoms with E-state index in [1.54, 1.807) is 36.0 Å². The van der Waals surface area contributed by atoms with Crippen LogP contribution in [0, 0.1) is 0 Å². The molecule has 0 saturated heterocycles. The van der Waals surface area contributed by atoms with Gasteiger partial charge in [-0.1, -0.05) is 0 Å². The molecule has 112 valence electrons. The Kier molecular flexibility index (Phi) is 5.42. The SMILES string of the molecule is CCN(CC)C(=O)c1ccc(N(C)C)c(S(=O)(=O)Cl)c1. The van der Waals surface area contributed by atoms with Crippen molar-refractivity contribution in [3.63, 3.8) is 0 Å². The van der Waals surface area contributed by atoms with E-state index in [1.807, 2.05) is 13.8 Å². The van der Waals surface area contributed by atoms with Crippen molar-refractivity contribution in [1.29, 1.82) is 0 Å². The standard InChI is InChI=1S/C13H19ClN2O3S/c1-5-16(6-2)13(17)10-7-8-11(15(3)4)12(9-10)20(14,18)19/h7-9H,5-6H2,1-4H3. The first-order valence-corrected chi connectivity index (χ1v) is 8.58. The van der Waals surface area contributed by atoms with Gasteiger partial charge in [-0.2, -0.15) is 0 Å². The van der Waals surface area contributed by atoms with Crippen molar-refractivity contribution in [3.05, 3.63) is 23.8 Å². The largest absolute Gasteiger partial charge is 0.377 e. The summed E-state index contributed by atoms with van der Waals surface area (Å²) in [5.41, 5.74) is 0.773. The molecule has 7 heteroatoms. The molecule has 0 aliphatic rings. The molecular formula is C13H19ClN2O3S. The Bertz CT molecular complexity index is 596. The first kappa shape index (κ1) is 16.8. The summed E-state index contributed by atoms with van der Waals surface area (Å²) in [5.74, 6) is -0.207. The molecule has 1 amide bonds. The van der Waals surface area contributed by atoms with Crippen LogP contribution in [0.2, 0.25) is 0 Å². The number of carbonyl (C=O) groups excluding carboxylic acids is 1. The van der Waals surface area contributed by atoms with Gasteiger partial charge in [-0.3, -0.25) is 4.79 Å².